The fourth-order valence-corrected chi connectivity index (χ4v) is 4.90. The summed E-state index contributed by atoms with van der Waals surface area (Å²) in [5.41, 5.74) is 0. The van der Waals surface area contributed by atoms with Gasteiger partial charge in [-0.2, -0.15) is 0 Å². The number of ether oxygens (including phenoxy) is 6. The summed E-state index contributed by atoms with van der Waals surface area (Å²) in [5.74, 6) is -6.31. The van der Waals surface area contributed by atoms with Crippen LogP contribution in [0.4, 0.5) is 0 Å². The zero-order valence-electron chi connectivity index (χ0n) is 24.5. The second kappa shape index (κ2) is 15.7. The van der Waals surface area contributed by atoms with E-state index in [4.69, 9.17) is 33.3 Å². The smallest absolute Gasteiger partial charge is 0.333 e. The number of hydroxylamine groups is 2. The highest BCUT2D eigenvalue weighted by molar-refractivity contribution is 6.01. The summed E-state index contributed by atoms with van der Waals surface area (Å²) in [6.07, 6.45) is -20.1. The third kappa shape index (κ3) is 7.87. The summed E-state index contributed by atoms with van der Waals surface area (Å²) in [5, 5.41) is 102. The molecule has 0 aromatic carbocycles. The van der Waals surface area contributed by atoms with Crippen LogP contribution in [0.5, 0.6) is 0 Å². The number of carbonyl (C=O) groups excluding carboxylic acids is 3. The molecule has 0 aromatic heterocycles. The molecule has 0 aliphatic carbocycles. The van der Waals surface area contributed by atoms with Gasteiger partial charge in [0.1, 0.15) is 42.7 Å². The molecule has 0 spiro atoms. The molecule has 266 valence electrons. The fourth-order valence-electron chi connectivity index (χ4n) is 4.90. The molecule has 0 aromatic rings. The molecule has 0 saturated carbocycles. The minimum Gasteiger partial charge on any atom is -0.506 e. The number of aliphatic hydroxyl groups is 10. The molecule has 21 nitrogen and oxygen atoms in total. The Morgan fingerprint density at radius 2 is 1.47 bits per heavy atom. The lowest BCUT2D eigenvalue weighted by molar-refractivity contribution is -0.350. The average molecular weight is 684 g/mol. The predicted octanol–water partition coefficient (Wildman–Crippen LogP) is -4.52. The molecule has 2 saturated heterocycles. The second-order valence-electron chi connectivity index (χ2n) is 10.8. The van der Waals surface area contributed by atoms with E-state index < -0.39 is 128 Å². The van der Waals surface area contributed by atoms with Crippen LogP contribution in [-0.4, -0.2) is 168 Å². The van der Waals surface area contributed by atoms with Crippen LogP contribution in [0.1, 0.15) is 25.7 Å². The Hall–Kier alpha value is -3.35. The van der Waals surface area contributed by atoms with Crippen LogP contribution in [0, 0.1) is 0 Å². The van der Waals surface area contributed by atoms with Gasteiger partial charge < -0.3 is 84.3 Å². The van der Waals surface area contributed by atoms with Crippen molar-refractivity contribution in [3.05, 3.63) is 23.2 Å². The summed E-state index contributed by atoms with van der Waals surface area (Å²) >= 11 is 0. The number of nitrogens with zero attached hydrogens (tertiary/aromatic N) is 1. The quantitative estimate of drug-likeness (QED) is 0.0645. The zero-order chi connectivity index (χ0) is 34.6. The summed E-state index contributed by atoms with van der Waals surface area (Å²) in [6, 6.07) is 0. The molecule has 0 radical (unpaired) electrons. The molecule has 4 rings (SSSR count). The van der Waals surface area contributed by atoms with Crippen LogP contribution in [0.25, 0.3) is 0 Å². The maximum absolute atomic E-state index is 12.1. The summed E-state index contributed by atoms with van der Waals surface area (Å²) in [7, 11) is 0. The largest absolute Gasteiger partial charge is 0.506 e. The normalized spacial score (nSPS) is 36.5. The molecule has 2 fully saturated rings. The van der Waals surface area contributed by atoms with Crippen LogP contribution in [0.2, 0.25) is 0 Å². The number of hydrogen-bond acceptors (Lipinski definition) is 20. The Labute approximate surface area is 264 Å². The van der Waals surface area contributed by atoms with Gasteiger partial charge in [0.2, 0.25) is 18.2 Å². The first-order valence-electron chi connectivity index (χ1n) is 14.4. The van der Waals surface area contributed by atoms with Crippen LogP contribution in [0.3, 0.4) is 0 Å². The van der Waals surface area contributed by atoms with Crippen molar-refractivity contribution >= 4 is 17.8 Å². The van der Waals surface area contributed by atoms with Gasteiger partial charge in [-0.15, -0.1) is 5.06 Å². The zero-order valence-corrected chi connectivity index (χ0v) is 24.5. The minimum atomic E-state index is -2.02. The van der Waals surface area contributed by atoms with E-state index in [0.717, 1.165) is 0 Å². The third-order valence-corrected chi connectivity index (χ3v) is 7.54. The number of aliphatic hydroxyl groups excluding tert-OH is 10. The van der Waals surface area contributed by atoms with Gasteiger partial charge in [-0.05, 0) is 6.42 Å². The van der Waals surface area contributed by atoms with Gasteiger partial charge in [0, 0.05) is 12.8 Å². The Morgan fingerprint density at radius 1 is 0.809 bits per heavy atom. The predicted molar refractivity (Wildman–Crippen MR) is 142 cm³/mol. The molecular formula is C26H37NO20. The van der Waals surface area contributed by atoms with Crippen LogP contribution in [-0.2, 0) is 47.6 Å². The van der Waals surface area contributed by atoms with E-state index in [0.29, 0.717) is 5.06 Å². The Balaban J connectivity index is 1.50. The molecule has 47 heavy (non-hydrogen) atoms. The van der Waals surface area contributed by atoms with Crippen molar-refractivity contribution in [2.75, 3.05) is 26.4 Å². The summed E-state index contributed by atoms with van der Waals surface area (Å²) in [6.45, 7) is -2.90. The maximum atomic E-state index is 12.1. The van der Waals surface area contributed by atoms with Gasteiger partial charge in [0.15, 0.2) is 23.9 Å². The van der Waals surface area contributed by atoms with E-state index in [-0.39, 0.29) is 32.3 Å². The Bertz CT molecular complexity index is 1190. The van der Waals surface area contributed by atoms with E-state index in [1.165, 1.54) is 0 Å². The Morgan fingerprint density at radius 3 is 2.09 bits per heavy atom. The summed E-state index contributed by atoms with van der Waals surface area (Å²) in [4.78, 5) is 40.2. The highest BCUT2D eigenvalue weighted by Crippen LogP contribution is 2.34. The molecule has 4 aliphatic heterocycles. The van der Waals surface area contributed by atoms with Crippen molar-refractivity contribution in [1.82, 2.24) is 5.06 Å². The lowest BCUT2D eigenvalue weighted by atomic mass is 9.99. The van der Waals surface area contributed by atoms with Crippen molar-refractivity contribution in [2.24, 2.45) is 0 Å². The molecule has 21 heteroatoms. The first-order chi connectivity index (χ1) is 22.3. The van der Waals surface area contributed by atoms with Gasteiger partial charge in [-0.3, -0.25) is 9.59 Å². The number of amides is 2. The standard InChI is InChI=1S/C26H37NO20/c28-6-9-15(34)18(37)21(40)24(42-9)45-23-20(39)17(36)11(8-30)44-26(23)46-22-19(38)16(35)10(7-29)43-25(22)41-5-1-2-14(33)47-27-12(31)3-4-13(27)32/h9-11,15-16,18-19,22-23,25-26,28-30,34-40H,1-8H2/t9?,10?,11?,15-,16-,18?,19?,22?,23?,25+,26-/m1/s1. The van der Waals surface area contributed by atoms with Gasteiger partial charge in [0.05, 0.1) is 32.8 Å². The summed E-state index contributed by atoms with van der Waals surface area (Å²) < 4.78 is 32.9. The number of carbonyl (C=O) groups is 3. The van der Waals surface area contributed by atoms with E-state index in [1.807, 2.05) is 0 Å². The van der Waals surface area contributed by atoms with E-state index >= 15 is 0 Å². The van der Waals surface area contributed by atoms with Gasteiger partial charge in [-0.25, -0.2) is 4.79 Å². The topological polar surface area (TPSA) is 321 Å². The maximum Gasteiger partial charge on any atom is 0.333 e. The second-order valence-corrected chi connectivity index (χ2v) is 10.8. The van der Waals surface area contributed by atoms with Crippen LogP contribution >= 0.6 is 0 Å². The van der Waals surface area contributed by atoms with E-state index in [9.17, 15) is 65.4 Å². The SMILES string of the molecule is O=C(CCCO[C@H]1OC(CO)[C@@H](O)C(O)C1O[C@H]1OC(CO)C(O)=C(O)C1OC1=C(O)C(O)[C@H](O)C(CO)O1)ON1C(=O)CCC1=O. The lowest BCUT2D eigenvalue weighted by Crippen LogP contribution is -2.62. The van der Waals surface area contributed by atoms with Crippen molar-refractivity contribution in [3.8, 4) is 0 Å². The van der Waals surface area contributed by atoms with Gasteiger partial charge in [0.25, 0.3) is 11.8 Å². The van der Waals surface area contributed by atoms with Crippen LogP contribution in [0.15, 0.2) is 23.2 Å². The minimum absolute atomic E-state index is 0.0926. The van der Waals surface area contributed by atoms with Crippen molar-refractivity contribution in [3.63, 3.8) is 0 Å². The Kier molecular flexibility index (Phi) is 12.2. The highest BCUT2D eigenvalue weighted by atomic mass is 16.8. The van der Waals surface area contributed by atoms with E-state index in [1.54, 1.807) is 0 Å². The van der Waals surface area contributed by atoms with Gasteiger partial charge >= 0.3 is 11.9 Å². The molecule has 0 bridgehead atoms. The molecular weight excluding hydrogens is 646 g/mol. The average Bonchev–Trinajstić information content (AvgIpc) is 3.37. The molecule has 10 N–H and O–H groups in total. The van der Waals surface area contributed by atoms with Gasteiger partial charge in [-0.1, -0.05) is 0 Å². The highest BCUT2D eigenvalue weighted by Gasteiger charge is 2.51. The number of hydrogen-bond donors (Lipinski definition) is 10. The molecule has 7 unspecified atom stereocenters. The van der Waals surface area contributed by atoms with Crippen molar-refractivity contribution in [1.29, 1.82) is 0 Å². The number of rotatable bonds is 13. The molecule has 4 aliphatic rings. The van der Waals surface area contributed by atoms with Crippen molar-refractivity contribution in [2.45, 2.75) is 93.2 Å². The van der Waals surface area contributed by atoms with Crippen LogP contribution < -0.4 is 0 Å². The number of imide groups is 1. The molecule has 11 atom stereocenters. The lowest BCUT2D eigenvalue weighted by Gasteiger charge is -2.44. The third-order valence-electron chi connectivity index (χ3n) is 7.54. The fraction of sp³-hybridized carbons (Fsp3) is 0.731. The van der Waals surface area contributed by atoms with E-state index in [2.05, 4.69) is 0 Å². The molecule has 4 heterocycles. The first kappa shape index (κ1) is 36.5. The molecule has 2 amide bonds. The first-order valence-corrected chi connectivity index (χ1v) is 14.4. The van der Waals surface area contributed by atoms with Crippen molar-refractivity contribution < 1.29 is 98.7 Å². The monoisotopic (exact) mass is 683 g/mol.